The van der Waals surface area contributed by atoms with Crippen molar-refractivity contribution in [1.82, 2.24) is 14.9 Å². The van der Waals surface area contributed by atoms with Crippen molar-refractivity contribution in [2.24, 2.45) is 4.99 Å². The molecule has 6 nitrogen and oxygen atoms in total. The van der Waals surface area contributed by atoms with Crippen molar-refractivity contribution < 1.29 is 5.11 Å². The van der Waals surface area contributed by atoms with E-state index in [1.165, 1.54) is 0 Å². The van der Waals surface area contributed by atoms with Gasteiger partial charge in [-0.05, 0) is 49.8 Å². The van der Waals surface area contributed by atoms with Gasteiger partial charge in [0.2, 0.25) is 0 Å². The third-order valence-corrected chi connectivity index (χ3v) is 5.83. The summed E-state index contributed by atoms with van der Waals surface area (Å²) in [5, 5.41) is 13.8. The molecule has 1 saturated carbocycles. The van der Waals surface area contributed by atoms with E-state index in [4.69, 9.17) is 9.97 Å². The predicted molar refractivity (Wildman–Crippen MR) is 148 cm³/mol. The molecule has 1 aromatic heterocycles. The minimum Gasteiger partial charge on any atom is -0.393 e. The Balaban J connectivity index is 2.08. The molecule has 0 radical (unpaired) electrons. The normalized spacial score (nSPS) is 19.0. The Morgan fingerprint density at radius 1 is 1.26 bits per heavy atom. The lowest BCUT2D eigenvalue weighted by atomic mass is 9.93. The van der Waals surface area contributed by atoms with Gasteiger partial charge in [-0.3, -0.25) is 4.99 Å². The van der Waals surface area contributed by atoms with Crippen LogP contribution in [0.15, 0.2) is 72.5 Å². The number of anilines is 1. The molecule has 2 atom stereocenters. The highest BCUT2D eigenvalue weighted by atomic mass is 16.3. The van der Waals surface area contributed by atoms with E-state index >= 15 is 0 Å². The van der Waals surface area contributed by atoms with Gasteiger partial charge < -0.3 is 15.3 Å². The first-order chi connectivity index (χ1) is 16.8. The topological polar surface area (TPSA) is 73.6 Å². The van der Waals surface area contributed by atoms with E-state index in [-0.39, 0.29) is 12.1 Å². The number of benzene rings is 1. The standard InChI is InChI=1S/C29H37N5O/c1-7-21(19-34(5)6)22-10-8-11-23(15-22)28-31-18-27(24(17-30-4)14-20(2)3)29(33-28)32-25-12-9-13-26(35)16-25/h7-8,10-11,14-15,17-19,25-26,35H,1-2,9,12-13,16H2,3-6H3,(H,31,32,33)/b21-19+,24-14+,30-17-/t25-,26+/m0/s1. The van der Waals surface area contributed by atoms with Crippen molar-refractivity contribution in [3.63, 3.8) is 0 Å². The van der Waals surface area contributed by atoms with Gasteiger partial charge in [0, 0.05) is 62.5 Å². The van der Waals surface area contributed by atoms with Crippen LogP contribution in [-0.4, -0.2) is 59.5 Å². The average molecular weight is 472 g/mol. The number of nitrogens with one attached hydrogen (secondary N) is 1. The maximum atomic E-state index is 10.2. The zero-order valence-corrected chi connectivity index (χ0v) is 21.3. The second-order valence-electron chi connectivity index (χ2n) is 9.28. The summed E-state index contributed by atoms with van der Waals surface area (Å²) in [6.45, 7) is 9.95. The molecule has 1 aliphatic carbocycles. The molecular formula is C29H37N5O. The van der Waals surface area contributed by atoms with Crippen molar-refractivity contribution in [2.45, 2.75) is 44.8 Å². The lowest BCUT2D eigenvalue weighted by Crippen LogP contribution is -2.30. The number of aliphatic hydroxyl groups excluding tert-OH is 1. The summed E-state index contributed by atoms with van der Waals surface area (Å²) in [5.41, 5.74) is 5.65. The maximum absolute atomic E-state index is 10.2. The zero-order valence-electron chi connectivity index (χ0n) is 21.3. The molecule has 6 heteroatoms. The molecule has 35 heavy (non-hydrogen) atoms. The summed E-state index contributed by atoms with van der Waals surface area (Å²) in [5.74, 6) is 1.37. The number of allylic oxidation sites excluding steroid dienone is 5. The SMILES string of the molecule is C=C/C(=C\N(C)C)c1cccc(-c2ncc(C(/C=N\C)=C/C(=C)C)c(N[C@H]3CCC[C@@H](O)C3)n2)c1. The van der Waals surface area contributed by atoms with Gasteiger partial charge in [-0.2, -0.15) is 0 Å². The van der Waals surface area contributed by atoms with Crippen molar-refractivity contribution in [2.75, 3.05) is 26.5 Å². The number of hydrogen-bond acceptors (Lipinski definition) is 6. The van der Waals surface area contributed by atoms with Crippen LogP contribution in [0.2, 0.25) is 0 Å². The summed E-state index contributed by atoms with van der Waals surface area (Å²) >= 11 is 0. The zero-order chi connectivity index (χ0) is 25.4. The highest BCUT2D eigenvalue weighted by Gasteiger charge is 2.22. The molecular weight excluding hydrogens is 434 g/mol. The van der Waals surface area contributed by atoms with Crippen LogP contribution in [0.4, 0.5) is 5.82 Å². The molecule has 0 saturated heterocycles. The molecule has 0 amide bonds. The number of aliphatic hydroxyl groups is 1. The predicted octanol–water partition coefficient (Wildman–Crippen LogP) is 5.61. The third-order valence-electron chi connectivity index (χ3n) is 5.83. The van der Waals surface area contributed by atoms with E-state index in [1.807, 2.05) is 62.6 Å². The fraction of sp³-hybridized carbons (Fsp3) is 0.345. The quantitative estimate of drug-likeness (QED) is 0.367. The lowest BCUT2D eigenvalue weighted by molar-refractivity contribution is 0.124. The van der Waals surface area contributed by atoms with E-state index < -0.39 is 0 Å². The second-order valence-corrected chi connectivity index (χ2v) is 9.28. The van der Waals surface area contributed by atoms with Crippen LogP contribution in [0.25, 0.3) is 22.5 Å². The average Bonchev–Trinajstić information content (AvgIpc) is 2.82. The number of aliphatic imine (C=N–C) groups is 1. The maximum Gasteiger partial charge on any atom is 0.161 e. The van der Waals surface area contributed by atoms with Crippen molar-refractivity contribution in [3.05, 3.63) is 78.7 Å². The second kappa shape index (κ2) is 12.3. The van der Waals surface area contributed by atoms with Crippen molar-refractivity contribution >= 4 is 23.2 Å². The van der Waals surface area contributed by atoms with Gasteiger partial charge in [0.05, 0.1) is 6.10 Å². The Labute approximate surface area is 209 Å². The van der Waals surface area contributed by atoms with Gasteiger partial charge in [0.25, 0.3) is 0 Å². The molecule has 2 N–H and O–H groups in total. The highest BCUT2D eigenvalue weighted by molar-refractivity contribution is 6.12. The van der Waals surface area contributed by atoms with Gasteiger partial charge in [0.15, 0.2) is 5.82 Å². The molecule has 1 fully saturated rings. The fourth-order valence-electron chi connectivity index (χ4n) is 4.28. The van der Waals surface area contributed by atoms with Gasteiger partial charge >= 0.3 is 0 Å². The number of rotatable bonds is 9. The van der Waals surface area contributed by atoms with Crippen LogP contribution >= 0.6 is 0 Å². The number of nitrogens with zero attached hydrogens (tertiary/aromatic N) is 4. The first kappa shape index (κ1) is 26.1. The summed E-state index contributed by atoms with van der Waals surface area (Å²) < 4.78 is 0. The minimum atomic E-state index is -0.286. The van der Waals surface area contributed by atoms with Gasteiger partial charge in [0.1, 0.15) is 5.82 Å². The van der Waals surface area contributed by atoms with E-state index in [9.17, 15) is 5.11 Å². The lowest BCUT2D eigenvalue weighted by Gasteiger charge is -2.28. The molecule has 0 unspecified atom stereocenters. The van der Waals surface area contributed by atoms with Crippen LogP contribution in [0.1, 0.15) is 43.7 Å². The first-order valence-electron chi connectivity index (χ1n) is 12.0. The molecule has 3 rings (SSSR count). The molecule has 1 aliphatic rings. The molecule has 2 aromatic rings. The largest absolute Gasteiger partial charge is 0.393 e. The van der Waals surface area contributed by atoms with Gasteiger partial charge in [-0.15, -0.1) is 0 Å². The van der Waals surface area contributed by atoms with E-state index in [1.54, 1.807) is 13.3 Å². The van der Waals surface area contributed by atoms with Crippen molar-refractivity contribution in [1.29, 1.82) is 0 Å². The Morgan fingerprint density at radius 2 is 2.06 bits per heavy atom. The van der Waals surface area contributed by atoms with E-state index in [2.05, 4.69) is 35.6 Å². The summed E-state index contributed by atoms with van der Waals surface area (Å²) in [6.07, 6.45) is 12.8. The Hall–Kier alpha value is -3.51. The molecule has 0 spiro atoms. The Morgan fingerprint density at radius 3 is 2.71 bits per heavy atom. The van der Waals surface area contributed by atoms with Crippen LogP contribution in [0, 0.1) is 0 Å². The first-order valence-corrected chi connectivity index (χ1v) is 12.0. The molecule has 184 valence electrons. The number of aromatic nitrogens is 2. The summed E-state index contributed by atoms with van der Waals surface area (Å²) in [4.78, 5) is 15.9. The minimum absolute atomic E-state index is 0.145. The number of hydrogen-bond donors (Lipinski definition) is 2. The van der Waals surface area contributed by atoms with Gasteiger partial charge in [-0.1, -0.05) is 49.1 Å². The van der Waals surface area contributed by atoms with Gasteiger partial charge in [-0.25, -0.2) is 9.97 Å². The summed E-state index contributed by atoms with van der Waals surface area (Å²) in [6, 6.07) is 8.31. The van der Waals surface area contributed by atoms with E-state index in [0.29, 0.717) is 12.2 Å². The van der Waals surface area contributed by atoms with Crippen LogP contribution < -0.4 is 5.32 Å². The molecule has 0 bridgehead atoms. The molecule has 0 aliphatic heterocycles. The van der Waals surface area contributed by atoms with Crippen molar-refractivity contribution in [3.8, 4) is 11.4 Å². The Kier molecular flexibility index (Phi) is 9.15. The van der Waals surface area contributed by atoms with E-state index in [0.717, 1.165) is 58.5 Å². The molecule has 1 aromatic carbocycles. The monoisotopic (exact) mass is 471 g/mol. The smallest absolute Gasteiger partial charge is 0.161 e. The van der Waals surface area contributed by atoms with Crippen LogP contribution in [-0.2, 0) is 0 Å². The highest BCUT2D eigenvalue weighted by Crippen LogP contribution is 2.29. The third kappa shape index (κ3) is 7.23. The summed E-state index contributed by atoms with van der Waals surface area (Å²) in [7, 11) is 5.73. The van der Waals surface area contributed by atoms with Crippen LogP contribution in [0.3, 0.4) is 0 Å². The molecule has 1 heterocycles. The fourth-order valence-corrected chi connectivity index (χ4v) is 4.28. The van der Waals surface area contributed by atoms with Crippen LogP contribution in [0.5, 0.6) is 0 Å². The Bertz CT molecular complexity index is 1150.